The normalized spacial score (nSPS) is 20.1. The summed E-state index contributed by atoms with van der Waals surface area (Å²) in [4.78, 5) is 9.88. The summed E-state index contributed by atoms with van der Waals surface area (Å²) < 4.78 is 0. The van der Waals surface area contributed by atoms with Gasteiger partial charge >= 0.3 is 0 Å². The summed E-state index contributed by atoms with van der Waals surface area (Å²) in [7, 11) is 0. The van der Waals surface area contributed by atoms with E-state index in [-0.39, 0.29) is 11.9 Å². The van der Waals surface area contributed by atoms with E-state index in [4.69, 9.17) is 5.84 Å². The average Bonchev–Trinajstić information content (AvgIpc) is 2.19. The first-order valence-corrected chi connectivity index (χ1v) is 4.19. The molecule has 1 unspecified atom stereocenters. The second-order valence-corrected chi connectivity index (χ2v) is 2.74. The lowest BCUT2D eigenvalue weighted by Gasteiger charge is -2.17. The highest BCUT2D eigenvalue weighted by Gasteiger charge is 2.12. The lowest BCUT2D eigenvalue weighted by atomic mass is 10.3. The molecule has 0 radical (unpaired) electrons. The maximum absolute atomic E-state index is 10.3. The van der Waals surface area contributed by atoms with Crippen molar-refractivity contribution in [3.05, 3.63) is 34.2 Å². The molecular formula is C7H13N5O2. The molecule has 5 N–H and O–H groups in total. The summed E-state index contributed by atoms with van der Waals surface area (Å²) in [6, 6.07) is 0. The van der Waals surface area contributed by atoms with Crippen LogP contribution in [0.5, 0.6) is 0 Å². The Kier molecular flexibility index (Phi) is 4.05. The molecule has 1 atom stereocenters. The van der Waals surface area contributed by atoms with Gasteiger partial charge in [0.25, 0.3) is 5.70 Å². The number of nitrogens with zero attached hydrogens (tertiary/aromatic N) is 1. The van der Waals surface area contributed by atoms with Crippen LogP contribution in [0.2, 0.25) is 0 Å². The van der Waals surface area contributed by atoms with E-state index in [0.29, 0.717) is 13.1 Å². The van der Waals surface area contributed by atoms with Crippen LogP contribution >= 0.6 is 0 Å². The quantitative estimate of drug-likeness (QED) is 0.189. The summed E-state index contributed by atoms with van der Waals surface area (Å²) in [5.41, 5.74) is 2.55. The highest BCUT2D eigenvalue weighted by molar-refractivity contribution is 5.17. The van der Waals surface area contributed by atoms with Crippen molar-refractivity contribution < 1.29 is 4.92 Å². The fourth-order valence-corrected chi connectivity index (χ4v) is 1.01. The number of nitrogens with two attached hydrogens (primary N) is 1. The molecule has 0 saturated carbocycles. The molecule has 0 aromatic carbocycles. The van der Waals surface area contributed by atoms with Crippen molar-refractivity contribution in [3.8, 4) is 0 Å². The van der Waals surface area contributed by atoms with Crippen LogP contribution < -0.4 is 21.9 Å². The predicted octanol–water partition coefficient (Wildman–Crippen LogP) is -1.36. The molecular weight excluding hydrogens is 186 g/mol. The third kappa shape index (κ3) is 3.13. The Labute approximate surface area is 81.2 Å². The van der Waals surface area contributed by atoms with Crippen LogP contribution in [0.25, 0.3) is 0 Å². The van der Waals surface area contributed by atoms with Crippen molar-refractivity contribution in [2.45, 2.75) is 6.17 Å². The van der Waals surface area contributed by atoms with Crippen LogP contribution in [0, 0.1) is 10.1 Å². The Morgan fingerprint density at radius 1 is 1.64 bits per heavy atom. The van der Waals surface area contributed by atoms with E-state index in [1.54, 1.807) is 6.08 Å². The highest BCUT2D eigenvalue weighted by atomic mass is 16.6. The summed E-state index contributed by atoms with van der Waals surface area (Å²) in [5.74, 6) is 5.08. The third-order valence-electron chi connectivity index (χ3n) is 1.71. The molecule has 0 fully saturated rings. The molecule has 0 bridgehead atoms. The maximum Gasteiger partial charge on any atom is 0.284 e. The number of hydrogen-bond donors (Lipinski definition) is 4. The molecule has 0 amide bonds. The topological polar surface area (TPSA) is 105 Å². The van der Waals surface area contributed by atoms with Crippen LogP contribution in [0.4, 0.5) is 0 Å². The second-order valence-electron chi connectivity index (χ2n) is 2.74. The van der Waals surface area contributed by atoms with Crippen LogP contribution in [0.15, 0.2) is 24.0 Å². The number of nitro groups is 1. The van der Waals surface area contributed by atoms with Gasteiger partial charge in [-0.3, -0.25) is 26.7 Å². The van der Waals surface area contributed by atoms with Gasteiger partial charge in [-0.2, -0.15) is 0 Å². The van der Waals surface area contributed by atoms with Crippen LogP contribution in [-0.4, -0.2) is 24.2 Å². The number of rotatable bonds is 5. The van der Waals surface area contributed by atoms with Gasteiger partial charge in [-0.1, -0.05) is 0 Å². The van der Waals surface area contributed by atoms with Gasteiger partial charge in [0.05, 0.1) is 17.3 Å². The van der Waals surface area contributed by atoms with Crippen LogP contribution in [-0.2, 0) is 0 Å². The average molecular weight is 199 g/mol. The van der Waals surface area contributed by atoms with Crippen molar-refractivity contribution in [1.82, 2.24) is 16.1 Å². The summed E-state index contributed by atoms with van der Waals surface area (Å²) in [6.45, 7) is 1.32. The first-order chi connectivity index (χ1) is 6.74. The van der Waals surface area contributed by atoms with Crippen molar-refractivity contribution in [2.24, 2.45) is 5.84 Å². The van der Waals surface area contributed by atoms with E-state index in [1.165, 1.54) is 12.3 Å². The molecule has 0 saturated heterocycles. The zero-order chi connectivity index (χ0) is 10.4. The zero-order valence-corrected chi connectivity index (χ0v) is 7.56. The second kappa shape index (κ2) is 5.32. The first-order valence-electron chi connectivity index (χ1n) is 4.19. The fraction of sp³-hybridized carbons (Fsp3) is 0.429. The monoisotopic (exact) mass is 199 g/mol. The SMILES string of the molecule is NNCCNC1C=CC([N+](=O)[O-])=CN1. The summed E-state index contributed by atoms with van der Waals surface area (Å²) >= 11 is 0. The van der Waals surface area contributed by atoms with Crippen molar-refractivity contribution in [3.63, 3.8) is 0 Å². The van der Waals surface area contributed by atoms with Gasteiger partial charge in [-0.05, 0) is 6.08 Å². The van der Waals surface area contributed by atoms with E-state index in [2.05, 4.69) is 16.1 Å². The molecule has 1 aliphatic heterocycles. The molecule has 0 spiro atoms. The number of hydrogen-bond acceptors (Lipinski definition) is 6. The Balaban J connectivity index is 2.30. The van der Waals surface area contributed by atoms with Gasteiger partial charge in [0.1, 0.15) is 0 Å². The van der Waals surface area contributed by atoms with E-state index in [9.17, 15) is 10.1 Å². The predicted molar refractivity (Wildman–Crippen MR) is 51.3 cm³/mol. The van der Waals surface area contributed by atoms with Gasteiger partial charge < -0.3 is 5.32 Å². The molecule has 7 nitrogen and oxygen atoms in total. The number of dihydropyridines is 1. The summed E-state index contributed by atoms with van der Waals surface area (Å²) in [6.07, 6.45) is 4.44. The fourth-order valence-electron chi connectivity index (χ4n) is 1.01. The largest absolute Gasteiger partial charge is 0.367 e. The minimum Gasteiger partial charge on any atom is -0.367 e. The van der Waals surface area contributed by atoms with Crippen molar-refractivity contribution in [2.75, 3.05) is 13.1 Å². The Hall–Kier alpha value is -1.44. The number of allylic oxidation sites excluding steroid dienone is 1. The standard InChI is InChI=1S/C7H13N5O2/c8-11-4-3-9-7-2-1-6(5-10-7)12(13)14/h1-2,5,7,9-11H,3-4,8H2. The zero-order valence-electron chi connectivity index (χ0n) is 7.56. The lowest BCUT2D eigenvalue weighted by molar-refractivity contribution is -0.419. The van der Waals surface area contributed by atoms with Gasteiger partial charge in [-0.15, -0.1) is 0 Å². The molecule has 0 aromatic rings. The van der Waals surface area contributed by atoms with Crippen LogP contribution in [0.1, 0.15) is 0 Å². The van der Waals surface area contributed by atoms with Gasteiger partial charge in [0, 0.05) is 19.2 Å². The minimum atomic E-state index is -0.443. The van der Waals surface area contributed by atoms with E-state index in [0.717, 1.165) is 0 Å². The Morgan fingerprint density at radius 2 is 2.43 bits per heavy atom. The smallest absolute Gasteiger partial charge is 0.284 e. The Morgan fingerprint density at radius 3 is 2.93 bits per heavy atom. The molecule has 0 aliphatic carbocycles. The van der Waals surface area contributed by atoms with E-state index >= 15 is 0 Å². The third-order valence-corrected chi connectivity index (χ3v) is 1.71. The Bertz CT molecular complexity index is 263. The number of hydrazine groups is 1. The van der Waals surface area contributed by atoms with E-state index < -0.39 is 4.92 Å². The van der Waals surface area contributed by atoms with Gasteiger partial charge in [0.2, 0.25) is 0 Å². The molecule has 1 aliphatic rings. The minimum absolute atomic E-state index is 0.0556. The maximum atomic E-state index is 10.3. The number of nitrogens with one attached hydrogen (secondary N) is 3. The van der Waals surface area contributed by atoms with E-state index in [1.807, 2.05) is 0 Å². The van der Waals surface area contributed by atoms with Crippen LogP contribution in [0.3, 0.4) is 0 Å². The van der Waals surface area contributed by atoms with Crippen molar-refractivity contribution >= 4 is 0 Å². The molecule has 1 rings (SSSR count). The molecule has 14 heavy (non-hydrogen) atoms. The lowest BCUT2D eigenvalue weighted by Crippen LogP contribution is -2.43. The molecule has 0 aromatic heterocycles. The van der Waals surface area contributed by atoms with Crippen molar-refractivity contribution in [1.29, 1.82) is 0 Å². The van der Waals surface area contributed by atoms with Gasteiger partial charge in [-0.25, -0.2) is 0 Å². The highest BCUT2D eigenvalue weighted by Crippen LogP contribution is 2.02. The molecule has 7 heteroatoms. The summed E-state index contributed by atoms with van der Waals surface area (Å²) in [5, 5.41) is 16.2. The first kappa shape index (κ1) is 10.6. The molecule has 1 heterocycles. The molecule has 78 valence electrons. The van der Waals surface area contributed by atoms with Gasteiger partial charge in [0.15, 0.2) is 0 Å².